The molecule has 0 saturated carbocycles. The number of hydrogen-bond acceptors (Lipinski definition) is 4. The Morgan fingerprint density at radius 1 is 0.872 bits per heavy atom. The van der Waals surface area contributed by atoms with Gasteiger partial charge in [0.25, 0.3) is 0 Å². The van der Waals surface area contributed by atoms with Crippen molar-refractivity contribution in [1.82, 2.24) is 9.88 Å². The number of aliphatic hydroxyl groups is 1. The number of ether oxygens (including phenoxy) is 2. The Balaban J connectivity index is 1.43. The van der Waals surface area contributed by atoms with E-state index in [1.54, 1.807) is 0 Å². The van der Waals surface area contributed by atoms with E-state index in [0.29, 0.717) is 26.4 Å². The lowest BCUT2D eigenvalue weighted by molar-refractivity contribution is -0.0531. The first-order valence-electron chi connectivity index (χ1n) is 14.5. The first-order chi connectivity index (χ1) is 19.2. The van der Waals surface area contributed by atoms with Gasteiger partial charge in [-0.05, 0) is 55.1 Å². The van der Waals surface area contributed by atoms with Crippen molar-refractivity contribution in [3.63, 3.8) is 0 Å². The van der Waals surface area contributed by atoms with Crippen LogP contribution in [0.1, 0.15) is 54.6 Å². The maximum atomic E-state index is 11.8. The van der Waals surface area contributed by atoms with Crippen molar-refractivity contribution in [2.24, 2.45) is 5.92 Å². The molecule has 3 aromatic carbocycles. The smallest absolute Gasteiger partial charge is 0.0717 e. The molecule has 2 bridgehead atoms. The molecule has 1 aliphatic heterocycles. The Hall–Kier alpha value is -2.96. The normalized spacial score (nSPS) is 22.5. The van der Waals surface area contributed by atoms with Crippen LogP contribution in [0, 0.1) is 5.92 Å². The predicted octanol–water partition coefficient (Wildman–Crippen LogP) is 6.38. The van der Waals surface area contributed by atoms with E-state index in [-0.39, 0.29) is 12.0 Å². The Labute approximate surface area is 231 Å². The molecular weight excluding hydrogens is 484 g/mol. The molecule has 2 heterocycles. The van der Waals surface area contributed by atoms with Crippen LogP contribution in [0.2, 0.25) is 0 Å². The number of nitrogens with zero attached hydrogens (tertiary/aromatic N) is 1. The number of rotatable bonds is 10. The van der Waals surface area contributed by atoms with Gasteiger partial charge in [-0.25, -0.2) is 0 Å². The van der Waals surface area contributed by atoms with Crippen LogP contribution in [0.4, 0.5) is 0 Å². The summed E-state index contributed by atoms with van der Waals surface area (Å²) < 4.78 is 13.1. The molecule has 0 amide bonds. The number of likely N-dealkylation sites (tertiary alicyclic amines) is 1. The number of aliphatic hydroxyl groups excluding tert-OH is 1. The van der Waals surface area contributed by atoms with E-state index < -0.39 is 11.5 Å². The summed E-state index contributed by atoms with van der Waals surface area (Å²) in [4.78, 5) is 6.46. The van der Waals surface area contributed by atoms with Gasteiger partial charge >= 0.3 is 0 Å². The van der Waals surface area contributed by atoms with Gasteiger partial charge in [-0.2, -0.15) is 0 Å². The molecule has 5 nitrogen and oxygen atoms in total. The zero-order chi connectivity index (χ0) is 26.7. The molecular formula is C34H40N2O3. The summed E-state index contributed by atoms with van der Waals surface area (Å²) in [6.07, 6.45) is 2.31. The van der Waals surface area contributed by atoms with Crippen LogP contribution in [-0.2, 0) is 28.1 Å². The first kappa shape index (κ1) is 26.3. The minimum absolute atomic E-state index is 0.0164. The summed E-state index contributed by atoms with van der Waals surface area (Å²) in [5.74, 6) is 0.0164. The predicted molar refractivity (Wildman–Crippen MR) is 156 cm³/mol. The molecule has 1 aliphatic carbocycles. The topological polar surface area (TPSA) is 57.7 Å². The molecule has 5 heteroatoms. The van der Waals surface area contributed by atoms with Gasteiger partial charge in [-0.1, -0.05) is 85.8 Å². The second kappa shape index (κ2) is 11.6. The molecule has 4 aromatic rings. The van der Waals surface area contributed by atoms with E-state index >= 15 is 0 Å². The third-order valence-corrected chi connectivity index (χ3v) is 8.84. The molecule has 2 aliphatic rings. The van der Waals surface area contributed by atoms with Crippen molar-refractivity contribution < 1.29 is 14.6 Å². The third-order valence-electron chi connectivity index (χ3n) is 8.84. The van der Waals surface area contributed by atoms with E-state index in [0.717, 1.165) is 49.0 Å². The summed E-state index contributed by atoms with van der Waals surface area (Å²) in [7, 11) is 0. The van der Waals surface area contributed by atoms with E-state index in [2.05, 4.69) is 89.6 Å². The van der Waals surface area contributed by atoms with Gasteiger partial charge < -0.3 is 19.6 Å². The van der Waals surface area contributed by atoms with Gasteiger partial charge in [-0.3, -0.25) is 4.90 Å². The summed E-state index contributed by atoms with van der Waals surface area (Å²) in [6, 6.07) is 29.5. The minimum atomic E-state index is -0.496. The fourth-order valence-corrected chi connectivity index (χ4v) is 7.03. The van der Waals surface area contributed by atoms with Crippen molar-refractivity contribution in [1.29, 1.82) is 0 Å². The van der Waals surface area contributed by atoms with E-state index in [4.69, 9.17) is 9.47 Å². The number of aromatic amines is 1. The number of H-pyrrole nitrogens is 1. The van der Waals surface area contributed by atoms with Crippen LogP contribution < -0.4 is 0 Å². The number of para-hydroxylation sites is 1. The number of benzene rings is 3. The fourth-order valence-electron chi connectivity index (χ4n) is 7.03. The lowest BCUT2D eigenvalue weighted by atomic mass is 9.69. The van der Waals surface area contributed by atoms with E-state index in [1.807, 2.05) is 12.1 Å². The lowest BCUT2D eigenvalue weighted by Gasteiger charge is -2.43. The van der Waals surface area contributed by atoms with Gasteiger partial charge in [0, 0.05) is 28.6 Å². The zero-order valence-electron chi connectivity index (χ0n) is 22.9. The molecule has 0 spiro atoms. The third kappa shape index (κ3) is 5.17. The molecule has 3 atom stereocenters. The van der Waals surface area contributed by atoms with Crippen LogP contribution in [0.15, 0.2) is 84.9 Å². The Kier molecular flexibility index (Phi) is 7.85. The largest absolute Gasteiger partial charge is 0.393 e. The molecule has 0 radical (unpaired) electrons. The van der Waals surface area contributed by atoms with Crippen LogP contribution in [0.25, 0.3) is 10.9 Å². The number of fused-ring (bicyclic) bond motifs is 7. The maximum Gasteiger partial charge on any atom is 0.0717 e. The van der Waals surface area contributed by atoms with Gasteiger partial charge in [0.05, 0.1) is 37.9 Å². The quantitative estimate of drug-likeness (QED) is 0.253. The standard InChI is InChI=1S/C34H40N2O3/c1-2-18-36-19-17-28-31(37)20-30(36)32-27-15-9-10-16-29(27)35-33(32)34(28,23-38-21-25-11-5-3-6-12-25)24-39-22-26-13-7-4-8-14-26/h3-16,28,30-31,35,37H,2,17-24H2,1H3. The first-order valence-corrected chi connectivity index (χ1v) is 14.5. The summed E-state index contributed by atoms with van der Waals surface area (Å²) in [5, 5.41) is 13.1. The van der Waals surface area contributed by atoms with Crippen molar-refractivity contribution in [2.45, 2.75) is 57.0 Å². The zero-order valence-corrected chi connectivity index (χ0v) is 22.9. The molecule has 3 unspecified atom stereocenters. The molecule has 204 valence electrons. The highest BCUT2D eigenvalue weighted by Crippen LogP contribution is 2.51. The molecule has 2 N–H and O–H groups in total. The fraction of sp³-hybridized carbons (Fsp3) is 0.412. The van der Waals surface area contributed by atoms with Gasteiger partial charge in [0.1, 0.15) is 0 Å². The Bertz CT molecular complexity index is 1310. The average molecular weight is 525 g/mol. The highest BCUT2D eigenvalue weighted by atomic mass is 16.5. The van der Waals surface area contributed by atoms with Crippen LogP contribution in [-0.4, -0.2) is 47.4 Å². The molecule has 39 heavy (non-hydrogen) atoms. The molecule has 1 aromatic heterocycles. The number of nitrogens with one attached hydrogen (secondary N) is 1. The van der Waals surface area contributed by atoms with E-state index in [1.165, 1.54) is 16.6 Å². The van der Waals surface area contributed by atoms with Gasteiger partial charge in [0.2, 0.25) is 0 Å². The van der Waals surface area contributed by atoms with Crippen LogP contribution in [0.5, 0.6) is 0 Å². The highest BCUT2D eigenvalue weighted by molar-refractivity contribution is 5.86. The Morgan fingerprint density at radius 2 is 1.49 bits per heavy atom. The number of hydrogen-bond donors (Lipinski definition) is 2. The lowest BCUT2D eigenvalue weighted by Crippen LogP contribution is -2.49. The molecule has 6 rings (SSSR count). The van der Waals surface area contributed by atoms with Crippen molar-refractivity contribution >= 4 is 10.9 Å². The van der Waals surface area contributed by atoms with Gasteiger partial charge in [-0.15, -0.1) is 0 Å². The van der Waals surface area contributed by atoms with Crippen molar-refractivity contribution in [3.05, 3.63) is 107 Å². The second-order valence-electron chi connectivity index (χ2n) is 11.3. The molecule has 1 saturated heterocycles. The maximum absolute atomic E-state index is 11.8. The SMILES string of the molecule is CCCN1CCC2C(O)CC1c1c([nH]c3ccccc13)C2(COCc1ccccc1)COCc1ccccc1. The van der Waals surface area contributed by atoms with Crippen LogP contribution >= 0.6 is 0 Å². The molecule has 1 fully saturated rings. The highest BCUT2D eigenvalue weighted by Gasteiger charge is 2.53. The Morgan fingerprint density at radius 3 is 2.13 bits per heavy atom. The van der Waals surface area contributed by atoms with E-state index in [9.17, 15) is 5.11 Å². The minimum Gasteiger partial charge on any atom is -0.393 e. The number of aromatic nitrogens is 1. The average Bonchev–Trinajstić information content (AvgIpc) is 3.23. The summed E-state index contributed by atoms with van der Waals surface area (Å²) in [6.45, 7) is 6.29. The second-order valence-corrected chi connectivity index (χ2v) is 11.3. The summed E-state index contributed by atoms with van der Waals surface area (Å²) in [5.41, 5.74) is 5.48. The van der Waals surface area contributed by atoms with Crippen molar-refractivity contribution in [3.8, 4) is 0 Å². The van der Waals surface area contributed by atoms with Crippen molar-refractivity contribution in [2.75, 3.05) is 26.3 Å². The van der Waals surface area contributed by atoms with Crippen LogP contribution in [0.3, 0.4) is 0 Å². The monoisotopic (exact) mass is 524 g/mol. The summed E-state index contributed by atoms with van der Waals surface area (Å²) >= 11 is 0. The van der Waals surface area contributed by atoms with Gasteiger partial charge in [0.15, 0.2) is 0 Å².